The summed E-state index contributed by atoms with van der Waals surface area (Å²) in [7, 11) is 0. The first-order valence-corrected chi connectivity index (χ1v) is 12.8. The Balaban J connectivity index is 0.000000541. The highest BCUT2D eigenvalue weighted by Gasteiger charge is 2.38. The minimum atomic E-state index is -5.08. The number of carboxylic acids is 1. The standard InChI is InChI=1S/C27H25N5O4.C2HF3O2/c33-26(29-21-9-11-23(12-10-21)31-13-15-35-16-14-31)20-5-4-6-24(17-20)32-19-22(18-28-32)30-27(34)36-25-7-2-1-3-8-25;3-2(4,5)1(6)7/h1-12,17-19H,13-16H2,(H,29,33)(H,30,34);(H,6,7). The second-order valence-electron chi connectivity index (χ2n) is 8.95. The zero-order valence-electron chi connectivity index (χ0n) is 22.5. The number of nitrogens with zero attached hydrogens (tertiary/aromatic N) is 3. The number of rotatable bonds is 6. The van der Waals surface area contributed by atoms with Crippen LogP contribution in [0.15, 0.2) is 91.3 Å². The van der Waals surface area contributed by atoms with Gasteiger partial charge in [0.25, 0.3) is 5.91 Å². The number of hydrogen-bond donors (Lipinski definition) is 3. The average Bonchev–Trinajstić information content (AvgIpc) is 3.47. The number of halogens is 3. The normalized spacial score (nSPS) is 12.9. The molecule has 0 spiro atoms. The van der Waals surface area contributed by atoms with Crippen LogP contribution in [0.3, 0.4) is 0 Å². The van der Waals surface area contributed by atoms with E-state index in [2.05, 4.69) is 20.6 Å². The first kappa shape index (κ1) is 30.6. The quantitative estimate of drug-likeness (QED) is 0.276. The third kappa shape index (κ3) is 9.06. The molecule has 0 bridgehead atoms. The molecule has 4 aromatic rings. The molecule has 1 saturated heterocycles. The molecule has 1 fully saturated rings. The lowest BCUT2D eigenvalue weighted by Gasteiger charge is -2.28. The van der Waals surface area contributed by atoms with E-state index in [1.807, 2.05) is 36.4 Å². The molecule has 1 aliphatic rings. The van der Waals surface area contributed by atoms with Crippen molar-refractivity contribution in [2.24, 2.45) is 0 Å². The van der Waals surface area contributed by atoms with Gasteiger partial charge in [-0.3, -0.25) is 10.1 Å². The van der Waals surface area contributed by atoms with Crippen LogP contribution < -0.4 is 20.3 Å². The predicted octanol–water partition coefficient (Wildman–Crippen LogP) is 5.21. The van der Waals surface area contributed by atoms with Gasteiger partial charge in [0, 0.05) is 30.0 Å². The number of ether oxygens (including phenoxy) is 2. The third-order valence-corrected chi connectivity index (χ3v) is 5.90. The first-order chi connectivity index (χ1) is 20.6. The monoisotopic (exact) mass is 597 g/mol. The highest BCUT2D eigenvalue weighted by atomic mass is 19.4. The Morgan fingerprint density at radius 2 is 1.53 bits per heavy atom. The van der Waals surface area contributed by atoms with Crippen molar-refractivity contribution in [3.05, 3.63) is 96.8 Å². The lowest BCUT2D eigenvalue weighted by atomic mass is 10.1. The van der Waals surface area contributed by atoms with E-state index in [9.17, 15) is 22.8 Å². The summed E-state index contributed by atoms with van der Waals surface area (Å²) >= 11 is 0. The highest BCUT2D eigenvalue weighted by Crippen LogP contribution is 2.21. The number of aliphatic carboxylic acids is 1. The molecule has 3 aromatic carbocycles. The number of nitrogens with one attached hydrogen (secondary N) is 2. The molecule has 0 aliphatic carbocycles. The fourth-order valence-corrected chi connectivity index (χ4v) is 3.84. The molecule has 14 heteroatoms. The third-order valence-electron chi connectivity index (χ3n) is 5.90. The molecule has 0 unspecified atom stereocenters. The van der Waals surface area contributed by atoms with Crippen LogP contribution in [-0.4, -0.2) is 65.3 Å². The molecule has 0 atom stereocenters. The number of morpholine rings is 1. The summed E-state index contributed by atoms with van der Waals surface area (Å²) in [6.07, 6.45) is -2.55. The van der Waals surface area contributed by atoms with Crippen molar-refractivity contribution in [2.45, 2.75) is 6.18 Å². The van der Waals surface area contributed by atoms with Gasteiger partial charge in [0.05, 0.1) is 37.0 Å². The maximum Gasteiger partial charge on any atom is 0.490 e. The number of amides is 2. The Hall–Kier alpha value is -5.37. The van der Waals surface area contributed by atoms with E-state index in [-0.39, 0.29) is 5.91 Å². The average molecular weight is 598 g/mol. The summed E-state index contributed by atoms with van der Waals surface area (Å²) in [5, 5.41) is 17.0. The van der Waals surface area contributed by atoms with E-state index in [4.69, 9.17) is 19.4 Å². The molecule has 5 rings (SSSR count). The lowest BCUT2D eigenvalue weighted by Crippen LogP contribution is -2.36. The van der Waals surface area contributed by atoms with Gasteiger partial charge in [0.2, 0.25) is 0 Å². The first-order valence-electron chi connectivity index (χ1n) is 12.8. The van der Waals surface area contributed by atoms with Crippen LogP contribution in [-0.2, 0) is 9.53 Å². The molecule has 0 radical (unpaired) electrons. The van der Waals surface area contributed by atoms with Crippen LogP contribution in [0, 0.1) is 0 Å². The molecule has 11 nitrogen and oxygen atoms in total. The van der Waals surface area contributed by atoms with Gasteiger partial charge in [-0.2, -0.15) is 18.3 Å². The van der Waals surface area contributed by atoms with Gasteiger partial charge >= 0.3 is 18.2 Å². The number of alkyl halides is 3. The Labute approximate surface area is 243 Å². The van der Waals surface area contributed by atoms with Gasteiger partial charge in [0.15, 0.2) is 0 Å². The molecule has 3 N–H and O–H groups in total. The van der Waals surface area contributed by atoms with E-state index in [1.54, 1.807) is 53.3 Å². The maximum atomic E-state index is 12.9. The topological polar surface area (TPSA) is 135 Å². The molecule has 2 heterocycles. The summed E-state index contributed by atoms with van der Waals surface area (Å²) in [6, 6.07) is 23.7. The lowest BCUT2D eigenvalue weighted by molar-refractivity contribution is -0.192. The summed E-state index contributed by atoms with van der Waals surface area (Å²) < 4.78 is 43.9. The molecular weight excluding hydrogens is 571 g/mol. The maximum absolute atomic E-state index is 12.9. The number of carboxylic acid groups (broad SMARTS) is 1. The Morgan fingerprint density at radius 1 is 0.860 bits per heavy atom. The Kier molecular flexibility index (Phi) is 9.96. The second-order valence-corrected chi connectivity index (χ2v) is 8.95. The fourth-order valence-electron chi connectivity index (χ4n) is 3.84. The smallest absolute Gasteiger partial charge is 0.475 e. The van der Waals surface area contributed by atoms with Gasteiger partial charge in [-0.05, 0) is 54.6 Å². The van der Waals surface area contributed by atoms with Crippen molar-refractivity contribution < 1.29 is 42.1 Å². The summed E-state index contributed by atoms with van der Waals surface area (Å²) in [6.45, 7) is 3.16. The molecule has 224 valence electrons. The number of anilines is 3. The van der Waals surface area contributed by atoms with Gasteiger partial charge in [-0.1, -0.05) is 24.3 Å². The molecular formula is C29H26F3N5O6. The fraction of sp³-hybridized carbons (Fsp3) is 0.172. The van der Waals surface area contributed by atoms with Gasteiger partial charge in [0.1, 0.15) is 5.75 Å². The van der Waals surface area contributed by atoms with Crippen molar-refractivity contribution in [1.29, 1.82) is 0 Å². The second kappa shape index (κ2) is 14.0. The molecule has 0 saturated carbocycles. The van der Waals surface area contributed by atoms with Crippen molar-refractivity contribution in [3.8, 4) is 11.4 Å². The van der Waals surface area contributed by atoms with Crippen molar-refractivity contribution >= 4 is 35.0 Å². The summed E-state index contributed by atoms with van der Waals surface area (Å²) in [5.41, 5.74) is 3.44. The van der Waals surface area contributed by atoms with Crippen molar-refractivity contribution in [3.63, 3.8) is 0 Å². The van der Waals surface area contributed by atoms with Crippen molar-refractivity contribution in [2.75, 3.05) is 41.8 Å². The number of hydrogen-bond acceptors (Lipinski definition) is 7. The van der Waals surface area contributed by atoms with Crippen LogP contribution in [0.5, 0.6) is 5.75 Å². The molecule has 2 amide bonds. The van der Waals surface area contributed by atoms with Crippen LogP contribution in [0.1, 0.15) is 10.4 Å². The van der Waals surface area contributed by atoms with E-state index in [1.165, 1.54) is 6.20 Å². The van der Waals surface area contributed by atoms with Gasteiger partial charge < -0.3 is 24.8 Å². The SMILES string of the molecule is O=C(Nc1cnn(-c2cccc(C(=O)Nc3ccc(N4CCOCC4)cc3)c2)c1)Oc1ccccc1.O=C(O)C(F)(F)F. The minimum Gasteiger partial charge on any atom is -0.475 e. The van der Waals surface area contributed by atoms with Gasteiger partial charge in [-0.25, -0.2) is 14.3 Å². The van der Waals surface area contributed by atoms with E-state index < -0.39 is 18.2 Å². The van der Waals surface area contributed by atoms with Crippen LogP contribution >= 0.6 is 0 Å². The van der Waals surface area contributed by atoms with E-state index >= 15 is 0 Å². The van der Waals surface area contributed by atoms with Crippen molar-refractivity contribution in [1.82, 2.24) is 9.78 Å². The summed E-state index contributed by atoms with van der Waals surface area (Å²) in [5.74, 6) is -2.54. The zero-order chi connectivity index (χ0) is 30.8. The number of benzene rings is 3. The number of carbonyl (C=O) groups excluding carboxylic acids is 2. The number of aromatic nitrogens is 2. The van der Waals surface area contributed by atoms with Gasteiger partial charge in [-0.15, -0.1) is 0 Å². The molecule has 1 aromatic heterocycles. The molecule has 43 heavy (non-hydrogen) atoms. The highest BCUT2D eigenvalue weighted by molar-refractivity contribution is 6.04. The largest absolute Gasteiger partial charge is 0.490 e. The van der Waals surface area contributed by atoms with E-state index in [0.717, 1.165) is 32.0 Å². The van der Waals surface area contributed by atoms with Crippen LogP contribution in [0.2, 0.25) is 0 Å². The van der Waals surface area contributed by atoms with Crippen LogP contribution in [0.25, 0.3) is 5.69 Å². The number of carbonyl (C=O) groups is 3. The number of para-hydroxylation sites is 1. The minimum absolute atomic E-state index is 0.229. The van der Waals surface area contributed by atoms with Crippen LogP contribution in [0.4, 0.5) is 35.0 Å². The Morgan fingerprint density at radius 3 is 2.19 bits per heavy atom. The zero-order valence-corrected chi connectivity index (χ0v) is 22.5. The Bertz CT molecular complexity index is 1540. The molecule has 1 aliphatic heterocycles. The summed E-state index contributed by atoms with van der Waals surface area (Å²) in [4.78, 5) is 36.1. The predicted molar refractivity (Wildman–Crippen MR) is 151 cm³/mol. The van der Waals surface area contributed by atoms with E-state index in [0.29, 0.717) is 28.4 Å².